The van der Waals surface area contributed by atoms with Gasteiger partial charge in [-0.3, -0.25) is 4.98 Å². The molecule has 1 nitrogen and oxygen atoms in total. The first kappa shape index (κ1) is 26.6. The van der Waals surface area contributed by atoms with Crippen LogP contribution in [-0.2, 0) is 65.4 Å². The molecule has 0 saturated heterocycles. The number of hydrogen-bond acceptors (Lipinski definition) is 1. The molecule has 94 valence electrons. The average Bonchev–Trinajstić information content (AvgIpc) is 2.12. The van der Waals surface area contributed by atoms with Crippen molar-refractivity contribution < 1.29 is 65.4 Å². The van der Waals surface area contributed by atoms with Gasteiger partial charge in [-0.1, -0.05) is 26.5 Å². The summed E-state index contributed by atoms with van der Waals surface area (Å²) >= 11 is 0. The van der Waals surface area contributed by atoms with Crippen LogP contribution in [0.5, 0.6) is 0 Å². The SMILES string of the molecule is C[CH-]c1nc(C)c(C)c([CH-]C)c1C.[CH3-].[CH3-].[Y].[Y]. The zero-order chi connectivity index (χ0) is 10.0. The van der Waals surface area contributed by atoms with Gasteiger partial charge in [-0.05, 0) is 12.6 Å². The van der Waals surface area contributed by atoms with Crippen molar-refractivity contribution >= 4 is 0 Å². The topological polar surface area (TPSA) is 12.9 Å². The van der Waals surface area contributed by atoms with Crippen LogP contribution in [0.2, 0.25) is 0 Å². The predicted octanol–water partition coefficient (Wildman–Crippen LogP) is 4.05. The standard InChI is InChI=1S/C12H17N.2CH3.2Y/c1-6-11-8(3)10(5)13-12(7-2)9(11)4;;;;/h6-7H,1-5H3;2*1H3;;/q-2;2*-1;;. The Bertz CT molecular complexity index is 322. The molecule has 0 fully saturated rings. The van der Waals surface area contributed by atoms with Gasteiger partial charge in [-0.15, -0.1) is 18.1 Å². The molecular weight excluding hydrogens is 360 g/mol. The van der Waals surface area contributed by atoms with Gasteiger partial charge in [0.05, 0.1) is 0 Å². The van der Waals surface area contributed by atoms with E-state index in [1.54, 1.807) is 0 Å². The monoisotopic (exact) mass is 383 g/mol. The van der Waals surface area contributed by atoms with Crippen LogP contribution in [0.25, 0.3) is 0 Å². The van der Waals surface area contributed by atoms with Gasteiger partial charge in [0, 0.05) is 65.4 Å². The molecule has 0 aliphatic carbocycles. The Morgan fingerprint density at radius 3 is 1.65 bits per heavy atom. The molecule has 0 unspecified atom stereocenters. The molecule has 1 heterocycles. The first-order chi connectivity index (χ1) is 6.11. The summed E-state index contributed by atoms with van der Waals surface area (Å²) in [5.41, 5.74) is 6.15. The van der Waals surface area contributed by atoms with E-state index in [2.05, 4.69) is 45.5 Å². The van der Waals surface area contributed by atoms with Crippen molar-refractivity contribution in [3.8, 4) is 0 Å². The van der Waals surface area contributed by atoms with Crippen LogP contribution in [0.3, 0.4) is 0 Å². The Morgan fingerprint density at radius 2 is 1.29 bits per heavy atom. The fourth-order valence-corrected chi connectivity index (χ4v) is 1.68. The van der Waals surface area contributed by atoms with Gasteiger partial charge >= 0.3 is 0 Å². The molecule has 0 spiro atoms. The molecule has 17 heavy (non-hydrogen) atoms. The normalized spacial score (nSPS) is 7.59. The first-order valence-corrected chi connectivity index (χ1v) is 4.68. The number of aromatic nitrogens is 1. The van der Waals surface area contributed by atoms with Crippen LogP contribution < -0.4 is 0 Å². The van der Waals surface area contributed by atoms with E-state index < -0.39 is 0 Å². The van der Waals surface area contributed by atoms with E-state index >= 15 is 0 Å². The molecule has 0 aliphatic rings. The molecule has 1 aromatic heterocycles. The largest absolute Gasteiger partial charge is 0.358 e. The Labute approximate surface area is 159 Å². The summed E-state index contributed by atoms with van der Waals surface area (Å²) in [6, 6.07) is 0. The molecule has 0 bridgehead atoms. The third-order valence-corrected chi connectivity index (χ3v) is 2.59. The van der Waals surface area contributed by atoms with Crippen molar-refractivity contribution in [3.63, 3.8) is 0 Å². The van der Waals surface area contributed by atoms with E-state index in [9.17, 15) is 0 Å². The van der Waals surface area contributed by atoms with Crippen molar-refractivity contribution in [2.75, 3.05) is 0 Å². The van der Waals surface area contributed by atoms with Gasteiger partial charge in [0.15, 0.2) is 0 Å². The van der Waals surface area contributed by atoms with Crippen LogP contribution in [0, 0.1) is 48.5 Å². The van der Waals surface area contributed by atoms with Gasteiger partial charge < -0.3 is 14.9 Å². The maximum Gasteiger partial charge on any atom is 0 e. The average molecular weight is 383 g/mol. The minimum absolute atomic E-state index is 0. The third-order valence-electron chi connectivity index (χ3n) is 2.59. The second kappa shape index (κ2) is 12.1. The number of rotatable bonds is 2. The van der Waals surface area contributed by atoms with Gasteiger partial charge in [-0.25, -0.2) is 6.42 Å². The summed E-state index contributed by atoms with van der Waals surface area (Å²) in [6.45, 7) is 10.4. The zero-order valence-electron chi connectivity index (χ0n) is 12.3. The van der Waals surface area contributed by atoms with E-state index in [0.717, 1.165) is 11.4 Å². The molecule has 0 aliphatic heterocycles. The smallest absolute Gasteiger partial charge is 0 e. The minimum atomic E-state index is 0. The molecule has 0 saturated carbocycles. The van der Waals surface area contributed by atoms with Crippen molar-refractivity contribution in [2.24, 2.45) is 0 Å². The van der Waals surface area contributed by atoms with Gasteiger partial charge in [-0.2, -0.15) is 12.0 Å². The number of pyridine rings is 1. The zero-order valence-corrected chi connectivity index (χ0v) is 17.9. The third kappa shape index (κ3) is 6.19. The van der Waals surface area contributed by atoms with E-state index in [1.165, 1.54) is 16.7 Å². The fourth-order valence-electron chi connectivity index (χ4n) is 1.68. The van der Waals surface area contributed by atoms with Gasteiger partial charge in [0.1, 0.15) is 0 Å². The Morgan fingerprint density at radius 1 is 0.824 bits per heavy atom. The molecule has 3 heteroatoms. The first-order valence-electron chi connectivity index (χ1n) is 4.68. The minimum Gasteiger partial charge on any atom is -0.358 e. The van der Waals surface area contributed by atoms with Crippen LogP contribution >= 0.6 is 0 Å². The molecular formula is C14H23NY2-4. The van der Waals surface area contributed by atoms with E-state index in [-0.39, 0.29) is 80.3 Å². The van der Waals surface area contributed by atoms with E-state index in [4.69, 9.17) is 0 Å². The summed E-state index contributed by atoms with van der Waals surface area (Å²) in [6.07, 6.45) is 4.22. The summed E-state index contributed by atoms with van der Waals surface area (Å²) in [4.78, 5) is 4.52. The van der Waals surface area contributed by atoms with E-state index in [1.807, 2.05) is 6.92 Å². The van der Waals surface area contributed by atoms with Crippen LogP contribution in [0.4, 0.5) is 0 Å². The molecule has 1 rings (SSSR count). The Kier molecular flexibility index (Phi) is 19.0. The second-order valence-corrected chi connectivity index (χ2v) is 3.32. The van der Waals surface area contributed by atoms with Crippen LogP contribution in [-0.4, -0.2) is 4.98 Å². The maximum atomic E-state index is 4.52. The van der Waals surface area contributed by atoms with Crippen molar-refractivity contribution in [3.05, 3.63) is 55.8 Å². The summed E-state index contributed by atoms with van der Waals surface area (Å²) in [5.74, 6) is 0. The molecule has 0 N–H and O–H groups in total. The summed E-state index contributed by atoms with van der Waals surface area (Å²) in [5, 5.41) is 0. The van der Waals surface area contributed by atoms with Crippen molar-refractivity contribution in [1.29, 1.82) is 0 Å². The van der Waals surface area contributed by atoms with Crippen LogP contribution in [0.15, 0.2) is 0 Å². The van der Waals surface area contributed by atoms with Gasteiger partial charge in [0.25, 0.3) is 0 Å². The Hall–Kier alpha value is 1.10. The number of hydrogen-bond donors (Lipinski definition) is 0. The van der Waals surface area contributed by atoms with E-state index in [0.29, 0.717) is 0 Å². The molecule has 2 radical (unpaired) electrons. The van der Waals surface area contributed by atoms with Crippen molar-refractivity contribution in [2.45, 2.75) is 34.6 Å². The second-order valence-electron chi connectivity index (χ2n) is 3.32. The fraction of sp³-hybridized carbons (Fsp3) is 0.357. The predicted molar refractivity (Wildman–Crippen MR) is 69.4 cm³/mol. The Balaban J connectivity index is -0.000000211. The maximum absolute atomic E-state index is 4.52. The number of aryl methyl sites for hydroxylation is 1. The summed E-state index contributed by atoms with van der Waals surface area (Å²) in [7, 11) is 0. The molecule has 1 aromatic rings. The molecule has 0 atom stereocenters. The van der Waals surface area contributed by atoms with Crippen LogP contribution in [0.1, 0.15) is 41.9 Å². The number of nitrogens with zero attached hydrogens (tertiary/aromatic N) is 1. The van der Waals surface area contributed by atoms with Crippen molar-refractivity contribution in [1.82, 2.24) is 4.98 Å². The quantitative estimate of drug-likeness (QED) is 0.703. The van der Waals surface area contributed by atoms with Gasteiger partial charge in [0.2, 0.25) is 0 Å². The molecule has 0 amide bonds. The molecule has 0 aromatic carbocycles. The summed E-state index contributed by atoms with van der Waals surface area (Å²) < 4.78 is 0.